The Hall–Kier alpha value is -7.64. The number of benzene rings is 7. The van der Waals surface area contributed by atoms with Gasteiger partial charge in [0.05, 0.1) is 0 Å². The van der Waals surface area contributed by atoms with E-state index in [2.05, 4.69) is 74.5 Å². The van der Waals surface area contributed by atoms with Gasteiger partial charge >= 0.3 is 0 Å². The third-order valence-electron chi connectivity index (χ3n) is 10.4. The molecule has 0 atom stereocenters. The average molecular weight is 749 g/mol. The van der Waals surface area contributed by atoms with Gasteiger partial charge < -0.3 is 4.74 Å². The summed E-state index contributed by atoms with van der Waals surface area (Å²) in [5.74, 6) is 4.20. The van der Waals surface area contributed by atoms with Gasteiger partial charge in [-0.25, -0.2) is 29.9 Å². The second kappa shape index (κ2) is 14.5. The van der Waals surface area contributed by atoms with E-state index in [9.17, 15) is 0 Å². The molecule has 3 heterocycles. The first-order valence-electron chi connectivity index (χ1n) is 19.3. The smallest absolute Gasteiger partial charge is 0.164 e. The Morgan fingerprint density at radius 1 is 0.310 bits per heavy atom. The van der Waals surface area contributed by atoms with Gasteiger partial charge in [-0.3, -0.25) is 0 Å². The molecule has 7 heteroatoms. The van der Waals surface area contributed by atoms with Crippen LogP contribution in [0.25, 0.3) is 90.6 Å². The minimum absolute atomic E-state index is 0.510. The monoisotopic (exact) mass is 748 g/mol. The molecule has 10 rings (SSSR count). The largest absolute Gasteiger partial charge is 0.482 e. The lowest BCUT2D eigenvalue weighted by Crippen LogP contribution is -2.29. The van der Waals surface area contributed by atoms with Gasteiger partial charge in [0.1, 0.15) is 11.4 Å². The molecule has 1 aliphatic rings. The van der Waals surface area contributed by atoms with E-state index in [0.717, 1.165) is 61.4 Å². The Morgan fingerprint density at radius 3 is 1.21 bits per heavy atom. The first kappa shape index (κ1) is 34.8. The van der Waals surface area contributed by atoms with Crippen LogP contribution in [-0.4, -0.2) is 29.9 Å². The molecule has 2 aromatic heterocycles. The zero-order valence-electron chi connectivity index (χ0n) is 31.9. The molecule has 0 bridgehead atoms. The molecule has 7 aromatic carbocycles. The van der Waals surface area contributed by atoms with Gasteiger partial charge in [0.2, 0.25) is 0 Å². The van der Waals surface area contributed by atoms with E-state index in [0.29, 0.717) is 34.9 Å². The number of nitrogens with zero attached hydrogens (tertiary/aromatic N) is 6. The Balaban J connectivity index is 1.21. The summed E-state index contributed by atoms with van der Waals surface area (Å²) in [6.45, 7) is 4.23. The van der Waals surface area contributed by atoms with E-state index in [1.807, 2.05) is 121 Å². The minimum atomic E-state index is -0.510. The molecule has 1 aliphatic heterocycles. The van der Waals surface area contributed by atoms with Crippen LogP contribution in [0.15, 0.2) is 182 Å². The Kier molecular flexibility index (Phi) is 8.68. The summed E-state index contributed by atoms with van der Waals surface area (Å²) in [6.07, 6.45) is 0. The normalized spacial score (nSPS) is 12.6. The number of aromatic nitrogens is 6. The van der Waals surface area contributed by atoms with Crippen molar-refractivity contribution in [2.75, 3.05) is 0 Å². The molecule has 0 saturated carbocycles. The molecule has 0 fully saturated rings. The van der Waals surface area contributed by atoms with Crippen molar-refractivity contribution in [2.24, 2.45) is 0 Å². The molecule has 0 unspecified atom stereocenters. The Labute approximate surface area is 336 Å². The van der Waals surface area contributed by atoms with Crippen molar-refractivity contribution in [3.8, 4) is 96.3 Å². The molecular weight excluding hydrogens is 713 g/mol. The molecule has 0 amide bonds. The molecule has 58 heavy (non-hydrogen) atoms. The van der Waals surface area contributed by atoms with Crippen LogP contribution in [0.2, 0.25) is 0 Å². The maximum Gasteiger partial charge on any atom is 0.164 e. The van der Waals surface area contributed by atoms with Crippen LogP contribution in [0.3, 0.4) is 0 Å². The van der Waals surface area contributed by atoms with E-state index < -0.39 is 5.60 Å². The van der Waals surface area contributed by atoms with Crippen LogP contribution in [0.1, 0.15) is 19.4 Å². The zero-order chi connectivity index (χ0) is 39.1. The third-order valence-corrected chi connectivity index (χ3v) is 10.4. The summed E-state index contributed by atoms with van der Waals surface area (Å²) < 4.78 is 6.74. The van der Waals surface area contributed by atoms with Crippen LogP contribution in [0, 0.1) is 0 Å². The van der Waals surface area contributed by atoms with Crippen LogP contribution < -0.4 is 4.74 Å². The van der Waals surface area contributed by atoms with Crippen molar-refractivity contribution in [1.82, 2.24) is 29.9 Å². The van der Waals surface area contributed by atoms with E-state index in [-0.39, 0.29) is 0 Å². The highest BCUT2D eigenvalue weighted by Crippen LogP contribution is 2.47. The molecule has 0 radical (unpaired) electrons. The topological polar surface area (TPSA) is 86.6 Å². The SMILES string of the molecule is CC1(C)Oc2cc(-c3ccc(-c4nc(-c5ccccc5)nc(-c5ccccc5)n4)cc3-c3nc(-c4ccccc4)nc(-c4ccccc4)n3)ccc2-c2ccccc21. The summed E-state index contributed by atoms with van der Waals surface area (Å²) in [6, 6.07) is 61.2. The highest BCUT2D eigenvalue weighted by atomic mass is 16.5. The quantitative estimate of drug-likeness (QED) is 0.160. The fourth-order valence-corrected chi connectivity index (χ4v) is 7.56. The standard InChI is InChI=1S/C51H36N6O/c1-51(2)43-26-16-15-25-40(43)41-30-27-37(32-44(41)58-51)39-29-28-38(49-54-45(33-17-7-3-8-18-33)52-46(55-49)34-19-9-4-10-20-34)31-42(39)50-56-47(35-21-11-5-12-22-35)53-48(57-50)36-23-13-6-14-24-36/h3-32H,1-2H3. The number of hydrogen-bond donors (Lipinski definition) is 0. The second-order valence-corrected chi connectivity index (χ2v) is 14.7. The Bertz CT molecular complexity index is 2820. The van der Waals surface area contributed by atoms with Gasteiger partial charge in [-0.2, -0.15) is 0 Å². The number of hydrogen-bond acceptors (Lipinski definition) is 7. The second-order valence-electron chi connectivity index (χ2n) is 14.7. The first-order chi connectivity index (χ1) is 28.5. The van der Waals surface area contributed by atoms with Gasteiger partial charge in [0.15, 0.2) is 34.9 Å². The molecule has 0 aliphatic carbocycles. The summed E-state index contributed by atoms with van der Waals surface area (Å²) in [4.78, 5) is 30.4. The van der Waals surface area contributed by atoms with Crippen molar-refractivity contribution >= 4 is 0 Å². The van der Waals surface area contributed by atoms with E-state index >= 15 is 0 Å². The highest BCUT2D eigenvalue weighted by molar-refractivity contribution is 5.88. The lowest BCUT2D eigenvalue weighted by atomic mass is 9.85. The predicted molar refractivity (Wildman–Crippen MR) is 230 cm³/mol. The Morgan fingerprint density at radius 2 is 0.707 bits per heavy atom. The first-order valence-corrected chi connectivity index (χ1v) is 19.3. The maximum atomic E-state index is 6.74. The molecule has 0 saturated heterocycles. The number of fused-ring (bicyclic) bond motifs is 3. The summed E-state index contributed by atoms with van der Waals surface area (Å²) in [5, 5.41) is 0. The van der Waals surface area contributed by atoms with Gasteiger partial charge in [-0.05, 0) is 42.7 Å². The van der Waals surface area contributed by atoms with Gasteiger partial charge in [-0.1, -0.05) is 170 Å². The van der Waals surface area contributed by atoms with Gasteiger partial charge in [0, 0.05) is 44.5 Å². The number of rotatable bonds is 7. The van der Waals surface area contributed by atoms with Crippen molar-refractivity contribution < 1.29 is 4.74 Å². The van der Waals surface area contributed by atoms with Gasteiger partial charge in [-0.15, -0.1) is 0 Å². The van der Waals surface area contributed by atoms with E-state index in [1.165, 1.54) is 5.56 Å². The van der Waals surface area contributed by atoms with Crippen molar-refractivity contribution in [1.29, 1.82) is 0 Å². The fourth-order valence-electron chi connectivity index (χ4n) is 7.56. The van der Waals surface area contributed by atoms with Crippen LogP contribution in [0.4, 0.5) is 0 Å². The number of ether oxygens (including phenoxy) is 1. The minimum Gasteiger partial charge on any atom is -0.482 e. The molecule has 0 spiro atoms. The third kappa shape index (κ3) is 6.58. The summed E-state index contributed by atoms with van der Waals surface area (Å²) in [7, 11) is 0. The highest BCUT2D eigenvalue weighted by Gasteiger charge is 2.32. The lowest BCUT2D eigenvalue weighted by molar-refractivity contribution is 0.106. The van der Waals surface area contributed by atoms with Gasteiger partial charge in [0.25, 0.3) is 0 Å². The molecule has 9 aromatic rings. The zero-order valence-corrected chi connectivity index (χ0v) is 31.9. The fraction of sp³-hybridized carbons (Fsp3) is 0.0588. The lowest BCUT2D eigenvalue weighted by Gasteiger charge is -2.35. The molecular formula is C51H36N6O. The van der Waals surface area contributed by atoms with E-state index in [4.69, 9.17) is 34.6 Å². The van der Waals surface area contributed by atoms with Crippen LogP contribution in [-0.2, 0) is 5.60 Å². The van der Waals surface area contributed by atoms with Crippen molar-refractivity contribution in [2.45, 2.75) is 19.4 Å². The maximum absolute atomic E-state index is 6.74. The average Bonchev–Trinajstić information content (AvgIpc) is 3.29. The summed E-state index contributed by atoms with van der Waals surface area (Å²) >= 11 is 0. The predicted octanol–water partition coefficient (Wildman–Crippen LogP) is 12.0. The molecule has 0 N–H and O–H groups in total. The summed E-state index contributed by atoms with van der Waals surface area (Å²) in [5.41, 5.74) is 9.94. The molecule has 276 valence electrons. The van der Waals surface area contributed by atoms with Crippen LogP contribution in [0.5, 0.6) is 5.75 Å². The van der Waals surface area contributed by atoms with Crippen molar-refractivity contribution in [3.05, 3.63) is 188 Å². The van der Waals surface area contributed by atoms with Crippen LogP contribution >= 0.6 is 0 Å². The molecule has 7 nitrogen and oxygen atoms in total. The van der Waals surface area contributed by atoms with E-state index in [1.54, 1.807) is 0 Å². The van der Waals surface area contributed by atoms with Crippen molar-refractivity contribution in [3.63, 3.8) is 0 Å².